The molecule has 2 aliphatic carbocycles. The van der Waals surface area contributed by atoms with Gasteiger partial charge >= 0.3 is 0 Å². The zero-order chi connectivity index (χ0) is 46.4. The van der Waals surface area contributed by atoms with E-state index in [2.05, 4.69) is 64.8 Å². The molecule has 2 fully saturated rings. The van der Waals surface area contributed by atoms with Crippen molar-refractivity contribution in [3.8, 4) is 40.8 Å². The van der Waals surface area contributed by atoms with Crippen LogP contribution in [0.2, 0.25) is 0 Å². The number of hydrogen-bond donors (Lipinski definition) is 1. The molecule has 0 radical (unpaired) electrons. The normalized spacial score (nSPS) is 15.6. The minimum absolute atomic E-state index is 0.106. The molecule has 0 spiro atoms. The van der Waals surface area contributed by atoms with E-state index in [0.717, 1.165) is 85.1 Å². The van der Waals surface area contributed by atoms with Crippen LogP contribution in [0.4, 0.5) is 0 Å². The summed E-state index contributed by atoms with van der Waals surface area (Å²) in [7, 11) is 0. The van der Waals surface area contributed by atoms with E-state index < -0.39 is 0 Å². The Hall–Kier alpha value is -7.98. The van der Waals surface area contributed by atoms with Gasteiger partial charge in [-0.15, -0.1) is 10.2 Å². The highest BCUT2D eigenvalue weighted by Gasteiger charge is 2.22. The van der Waals surface area contributed by atoms with Crippen LogP contribution in [-0.4, -0.2) is 52.1 Å². The van der Waals surface area contributed by atoms with Crippen molar-refractivity contribution in [3.05, 3.63) is 172 Å². The molecular formula is C54H51N9O4. The molecule has 1 N–H and O–H groups in total. The van der Waals surface area contributed by atoms with Crippen LogP contribution in [0.3, 0.4) is 0 Å². The summed E-state index contributed by atoms with van der Waals surface area (Å²) in [4.78, 5) is 42.2. The van der Waals surface area contributed by atoms with E-state index in [1.807, 2.05) is 80.6 Å². The monoisotopic (exact) mass is 889 g/mol. The number of nitrogens with zero attached hydrogens (tertiary/aromatic N) is 8. The van der Waals surface area contributed by atoms with Crippen molar-refractivity contribution >= 4 is 23.7 Å². The fourth-order valence-electron chi connectivity index (χ4n) is 8.22. The van der Waals surface area contributed by atoms with E-state index in [0.29, 0.717) is 64.8 Å². The van der Waals surface area contributed by atoms with Crippen LogP contribution in [0, 0.1) is 37.0 Å². The lowest BCUT2D eigenvalue weighted by atomic mass is 9.82. The van der Waals surface area contributed by atoms with Gasteiger partial charge < -0.3 is 9.47 Å². The van der Waals surface area contributed by atoms with Gasteiger partial charge in [-0.3, -0.25) is 14.6 Å². The molecular weight excluding hydrogens is 839 g/mol. The average Bonchev–Trinajstić information content (AvgIpc) is 3.91. The number of aromatic amines is 1. The zero-order valence-corrected chi connectivity index (χ0v) is 37.6. The molecule has 13 heteroatoms. The number of rotatable bonds is 13. The average molecular weight is 890 g/mol. The fourth-order valence-corrected chi connectivity index (χ4v) is 8.22. The van der Waals surface area contributed by atoms with E-state index in [-0.39, 0.29) is 11.6 Å². The van der Waals surface area contributed by atoms with Crippen molar-refractivity contribution in [1.29, 1.82) is 5.26 Å². The summed E-state index contributed by atoms with van der Waals surface area (Å²) < 4.78 is 11.8. The van der Waals surface area contributed by atoms with E-state index in [4.69, 9.17) is 14.7 Å². The van der Waals surface area contributed by atoms with E-state index in [9.17, 15) is 9.59 Å². The first-order valence-electron chi connectivity index (χ1n) is 22.6. The molecule has 9 rings (SSSR count). The van der Waals surface area contributed by atoms with Crippen molar-refractivity contribution in [2.24, 2.45) is 11.8 Å². The number of Topliss-reactive ketones (excluding diaryl/α,β-unsaturated/α-hetero) is 2. The van der Waals surface area contributed by atoms with Crippen molar-refractivity contribution < 1.29 is 19.1 Å². The maximum absolute atomic E-state index is 12.8. The number of H-pyrrole nitrogens is 1. The van der Waals surface area contributed by atoms with Crippen LogP contribution in [0.5, 0.6) is 23.3 Å². The van der Waals surface area contributed by atoms with Gasteiger partial charge in [-0.2, -0.15) is 10.5 Å². The molecule has 0 aliphatic heterocycles. The lowest BCUT2D eigenvalue weighted by Gasteiger charge is -2.23. The second-order valence-electron chi connectivity index (χ2n) is 17.2. The number of aryl methyl sites for hydroxylation is 2. The summed E-state index contributed by atoms with van der Waals surface area (Å²) in [6.07, 6.45) is 20.3. The summed E-state index contributed by atoms with van der Waals surface area (Å²) >= 11 is 0. The Morgan fingerprint density at radius 3 is 1.58 bits per heavy atom. The summed E-state index contributed by atoms with van der Waals surface area (Å²) in [5.74, 6) is 4.14. The minimum atomic E-state index is 0.106. The molecule has 336 valence electrons. The first-order valence-corrected chi connectivity index (χ1v) is 22.6. The number of carbonyl (C=O) groups is 2. The second kappa shape index (κ2) is 22.3. The lowest BCUT2D eigenvalue weighted by molar-refractivity contribution is 0.0945. The molecule has 2 saturated carbocycles. The minimum Gasteiger partial charge on any atom is -0.439 e. The van der Waals surface area contributed by atoms with Gasteiger partial charge in [0.1, 0.15) is 29.0 Å². The highest BCUT2D eigenvalue weighted by molar-refractivity contribution is 5.96. The van der Waals surface area contributed by atoms with Gasteiger partial charge in [-0.1, -0.05) is 59.7 Å². The number of pyridine rings is 4. The SMILES string of the molecule is Cc1ccc(Oc2cccc(C=C3CCC(CC(=O)c4ccc(-c5nn[nH]n5)nc4)CC3)c2)nc1.Cc1ccc(Oc2cccc(C=C3CCC(CC(=O)c4ccc(C#N)nc4)CC3)c2)nc1. The first kappa shape index (κ1) is 45.6. The van der Waals surface area contributed by atoms with Crippen molar-refractivity contribution in [3.63, 3.8) is 0 Å². The van der Waals surface area contributed by atoms with E-state index >= 15 is 0 Å². The van der Waals surface area contributed by atoms with E-state index in [1.165, 1.54) is 17.3 Å². The number of ketones is 2. The maximum Gasteiger partial charge on any atom is 0.222 e. The van der Waals surface area contributed by atoms with E-state index in [1.54, 1.807) is 42.9 Å². The molecule has 0 amide bonds. The lowest BCUT2D eigenvalue weighted by Crippen LogP contribution is -2.13. The predicted molar refractivity (Wildman–Crippen MR) is 255 cm³/mol. The number of aromatic nitrogens is 8. The van der Waals surface area contributed by atoms with Gasteiger partial charge in [-0.25, -0.2) is 15.0 Å². The summed E-state index contributed by atoms with van der Waals surface area (Å²) in [5, 5.41) is 22.6. The molecule has 13 nitrogen and oxygen atoms in total. The third-order valence-corrected chi connectivity index (χ3v) is 12.0. The molecule has 0 saturated heterocycles. The number of ether oxygens (including phenoxy) is 2. The van der Waals surface area contributed by atoms with Crippen molar-refractivity contribution in [2.45, 2.75) is 78.1 Å². The summed E-state index contributed by atoms with van der Waals surface area (Å²) in [6, 6.07) is 32.6. The molecule has 5 heterocycles. The quantitative estimate of drug-likeness (QED) is 0.108. The Morgan fingerprint density at radius 2 is 1.16 bits per heavy atom. The van der Waals surface area contributed by atoms with Gasteiger partial charge in [0.25, 0.3) is 0 Å². The van der Waals surface area contributed by atoms with Gasteiger partial charge in [-0.05, 0) is 153 Å². The standard InChI is InChI=1S/C27H26N6O2.C27H25N3O2/c1-18-5-12-26(29-16-18)35-23-4-2-3-21(14-23)13-19-6-8-20(9-7-19)15-25(34)22-10-11-24(28-17-22)27-30-32-33-31-27;1-19-5-12-27(30-17-19)32-25-4-2-3-22(14-25)13-20-6-8-21(9-7-20)15-26(31)23-10-11-24(16-28)29-18-23/h2-5,10-14,16-17,20H,6-9,15H2,1H3,(H,30,31,32,33);2-5,10-14,17-18,21H,6-9,15H2,1H3. The predicted octanol–water partition coefficient (Wildman–Crippen LogP) is 11.9. The van der Waals surface area contributed by atoms with Crippen LogP contribution < -0.4 is 9.47 Å². The number of carbonyl (C=O) groups excluding carboxylic acids is 2. The number of benzene rings is 2. The molecule has 7 aromatic rings. The highest BCUT2D eigenvalue weighted by atomic mass is 16.5. The number of nitriles is 1. The Bertz CT molecular complexity index is 2850. The summed E-state index contributed by atoms with van der Waals surface area (Å²) in [6.45, 7) is 4.00. The largest absolute Gasteiger partial charge is 0.439 e. The number of tetrazole rings is 1. The number of allylic oxidation sites excluding steroid dienone is 2. The van der Waals surface area contributed by atoms with Crippen LogP contribution in [-0.2, 0) is 0 Å². The first-order chi connectivity index (χ1) is 32.7. The Balaban J connectivity index is 0.000000182. The van der Waals surface area contributed by atoms with Crippen LogP contribution in [0.15, 0.2) is 133 Å². The topological polar surface area (TPSA) is 182 Å². The van der Waals surface area contributed by atoms with Gasteiger partial charge in [0.05, 0.1) is 0 Å². The third kappa shape index (κ3) is 13.3. The zero-order valence-electron chi connectivity index (χ0n) is 37.6. The Labute approximate surface area is 390 Å². The molecule has 2 aromatic carbocycles. The second-order valence-corrected chi connectivity index (χ2v) is 17.2. The third-order valence-electron chi connectivity index (χ3n) is 12.0. The Morgan fingerprint density at radius 1 is 0.642 bits per heavy atom. The molecule has 5 aromatic heterocycles. The fraction of sp³-hybridized carbons (Fsp3) is 0.259. The molecule has 0 unspecified atom stereocenters. The Kier molecular flexibility index (Phi) is 15.2. The number of hydrogen-bond acceptors (Lipinski definition) is 12. The number of nitrogens with one attached hydrogen (secondary N) is 1. The smallest absolute Gasteiger partial charge is 0.222 e. The highest BCUT2D eigenvalue weighted by Crippen LogP contribution is 2.35. The maximum atomic E-state index is 12.8. The summed E-state index contributed by atoms with van der Waals surface area (Å²) in [5.41, 5.74) is 9.37. The molecule has 2 aliphatic rings. The van der Waals surface area contributed by atoms with Crippen LogP contribution >= 0.6 is 0 Å². The molecule has 67 heavy (non-hydrogen) atoms. The van der Waals surface area contributed by atoms with Gasteiger partial charge in [0.15, 0.2) is 11.6 Å². The van der Waals surface area contributed by atoms with Crippen molar-refractivity contribution in [1.82, 2.24) is 40.6 Å². The molecule has 0 atom stereocenters. The molecule has 0 bridgehead atoms. The van der Waals surface area contributed by atoms with Crippen LogP contribution in [0.25, 0.3) is 23.7 Å². The van der Waals surface area contributed by atoms with Gasteiger partial charge in [0, 0.05) is 60.9 Å². The van der Waals surface area contributed by atoms with Crippen LogP contribution in [0.1, 0.15) is 113 Å². The van der Waals surface area contributed by atoms with Crippen molar-refractivity contribution in [2.75, 3.05) is 0 Å². The van der Waals surface area contributed by atoms with Gasteiger partial charge in [0.2, 0.25) is 17.6 Å².